The molecule has 1 amide bonds. The molecule has 2 aromatic carbocycles. The minimum atomic E-state index is -0.731. The molecule has 0 aliphatic heterocycles. The number of halogens is 2. The summed E-state index contributed by atoms with van der Waals surface area (Å²) in [6.07, 6.45) is 0.201. The van der Waals surface area contributed by atoms with Gasteiger partial charge >= 0.3 is 0 Å². The number of aryl methyl sites for hydroxylation is 1. The third-order valence-corrected chi connectivity index (χ3v) is 4.06. The first-order valence-electron chi connectivity index (χ1n) is 6.62. The summed E-state index contributed by atoms with van der Waals surface area (Å²) in [7, 11) is 0. The number of aromatic nitrogens is 1. The van der Waals surface area contributed by atoms with E-state index in [1.54, 1.807) is 0 Å². The summed E-state index contributed by atoms with van der Waals surface area (Å²) >= 11 is 1.04. The van der Waals surface area contributed by atoms with Gasteiger partial charge in [-0.25, -0.2) is 13.8 Å². The monoisotopic (exact) mass is 318 g/mol. The summed E-state index contributed by atoms with van der Waals surface area (Å²) in [6, 6.07) is 9.59. The second kappa shape index (κ2) is 5.81. The van der Waals surface area contributed by atoms with E-state index in [2.05, 4.69) is 10.3 Å². The molecule has 3 rings (SSSR count). The van der Waals surface area contributed by atoms with Gasteiger partial charge in [0.05, 0.1) is 11.1 Å². The molecule has 3 nitrogen and oxygen atoms in total. The van der Waals surface area contributed by atoms with Crippen LogP contribution in [0.5, 0.6) is 0 Å². The minimum Gasteiger partial charge on any atom is -0.302 e. The molecule has 22 heavy (non-hydrogen) atoms. The Labute approximate surface area is 129 Å². The van der Waals surface area contributed by atoms with E-state index in [1.165, 1.54) is 6.07 Å². The molecule has 1 N–H and O–H groups in total. The number of rotatable bonds is 3. The SMILES string of the molecule is Cc1ccc(CC(=O)Nc2nc3c(F)cc(F)cc3s2)cc1. The second-order valence-corrected chi connectivity index (χ2v) is 5.99. The van der Waals surface area contributed by atoms with Crippen molar-refractivity contribution in [2.75, 3.05) is 5.32 Å². The van der Waals surface area contributed by atoms with Crippen LogP contribution in [0.2, 0.25) is 0 Å². The number of benzene rings is 2. The van der Waals surface area contributed by atoms with Crippen molar-refractivity contribution in [2.24, 2.45) is 0 Å². The van der Waals surface area contributed by atoms with Crippen LogP contribution in [0.3, 0.4) is 0 Å². The van der Waals surface area contributed by atoms with Crippen LogP contribution in [0.15, 0.2) is 36.4 Å². The van der Waals surface area contributed by atoms with E-state index >= 15 is 0 Å². The number of anilines is 1. The van der Waals surface area contributed by atoms with Gasteiger partial charge in [-0.1, -0.05) is 41.2 Å². The normalized spacial score (nSPS) is 10.9. The molecular weight excluding hydrogens is 306 g/mol. The van der Waals surface area contributed by atoms with Crippen LogP contribution in [-0.4, -0.2) is 10.9 Å². The van der Waals surface area contributed by atoms with Crippen molar-refractivity contribution < 1.29 is 13.6 Å². The van der Waals surface area contributed by atoms with Crippen LogP contribution in [0.1, 0.15) is 11.1 Å². The lowest BCUT2D eigenvalue weighted by Crippen LogP contribution is -2.14. The van der Waals surface area contributed by atoms with Gasteiger partial charge < -0.3 is 5.32 Å². The molecule has 0 aliphatic rings. The third kappa shape index (κ3) is 3.12. The Kier molecular flexibility index (Phi) is 3.85. The first-order valence-corrected chi connectivity index (χ1v) is 7.44. The molecule has 0 radical (unpaired) electrons. The van der Waals surface area contributed by atoms with Crippen molar-refractivity contribution >= 4 is 32.6 Å². The maximum Gasteiger partial charge on any atom is 0.230 e. The lowest BCUT2D eigenvalue weighted by molar-refractivity contribution is -0.115. The van der Waals surface area contributed by atoms with E-state index in [0.717, 1.165) is 28.5 Å². The number of carbonyl (C=O) groups excluding carboxylic acids is 1. The first kappa shape index (κ1) is 14.6. The Balaban J connectivity index is 1.76. The van der Waals surface area contributed by atoms with E-state index in [9.17, 15) is 13.6 Å². The van der Waals surface area contributed by atoms with Gasteiger partial charge in [0.2, 0.25) is 5.91 Å². The molecule has 0 fully saturated rings. The molecule has 3 aromatic rings. The molecule has 112 valence electrons. The fourth-order valence-corrected chi connectivity index (χ4v) is 2.99. The van der Waals surface area contributed by atoms with Gasteiger partial charge in [-0.2, -0.15) is 0 Å². The van der Waals surface area contributed by atoms with Gasteiger partial charge in [-0.15, -0.1) is 0 Å². The Morgan fingerprint density at radius 2 is 1.95 bits per heavy atom. The van der Waals surface area contributed by atoms with Crippen LogP contribution in [0, 0.1) is 18.6 Å². The zero-order valence-corrected chi connectivity index (χ0v) is 12.5. The minimum absolute atomic E-state index is 0.0667. The van der Waals surface area contributed by atoms with Crippen molar-refractivity contribution in [3.8, 4) is 0 Å². The third-order valence-electron chi connectivity index (χ3n) is 3.14. The second-order valence-electron chi connectivity index (χ2n) is 4.96. The number of amides is 1. The standard InChI is InChI=1S/C16H12F2N2OS/c1-9-2-4-10(5-3-9)6-14(21)19-16-20-15-12(18)7-11(17)8-13(15)22-16/h2-5,7-8H,6H2,1H3,(H,19,20,21). The van der Waals surface area contributed by atoms with Gasteiger partial charge in [-0.05, 0) is 18.6 Å². The fraction of sp³-hybridized carbons (Fsp3) is 0.125. The summed E-state index contributed by atoms with van der Waals surface area (Å²) in [5.41, 5.74) is 2.06. The highest BCUT2D eigenvalue weighted by Crippen LogP contribution is 2.28. The summed E-state index contributed by atoms with van der Waals surface area (Å²) in [6.45, 7) is 1.97. The molecular formula is C16H12F2N2OS. The highest BCUT2D eigenvalue weighted by atomic mass is 32.1. The molecule has 0 spiro atoms. The highest BCUT2D eigenvalue weighted by Gasteiger charge is 2.12. The average molecular weight is 318 g/mol. The van der Waals surface area contributed by atoms with Gasteiger partial charge in [0.25, 0.3) is 0 Å². The maximum absolute atomic E-state index is 13.6. The van der Waals surface area contributed by atoms with Gasteiger partial charge in [-0.3, -0.25) is 4.79 Å². The lowest BCUT2D eigenvalue weighted by Gasteiger charge is -2.02. The van der Waals surface area contributed by atoms with Crippen LogP contribution in [0.25, 0.3) is 10.2 Å². The van der Waals surface area contributed by atoms with Crippen molar-refractivity contribution in [3.63, 3.8) is 0 Å². The van der Waals surface area contributed by atoms with E-state index in [4.69, 9.17) is 0 Å². The van der Waals surface area contributed by atoms with Crippen LogP contribution in [-0.2, 0) is 11.2 Å². The van der Waals surface area contributed by atoms with E-state index in [0.29, 0.717) is 4.70 Å². The molecule has 0 atom stereocenters. The Morgan fingerprint density at radius 3 is 2.68 bits per heavy atom. The van der Waals surface area contributed by atoms with Crippen molar-refractivity contribution in [1.29, 1.82) is 0 Å². The number of hydrogen-bond donors (Lipinski definition) is 1. The van der Waals surface area contributed by atoms with Gasteiger partial charge in [0, 0.05) is 6.07 Å². The molecule has 0 unspecified atom stereocenters. The van der Waals surface area contributed by atoms with Crippen LogP contribution < -0.4 is 5.32 Å². The molecule has 0 saturated carbocycles. The number of hydrogen-bond acceptors (Lipinski definition) is 3. The molecule has 1 heterocycles. The van der Waals surface area contributed by atoms with E-state index in [-0.39, 0.29) is 23.0 Å². The Morgan fingerprint density at radius 1 is 1.23 bits per heavy atom. The average Bonchev–Trinajstić information content (AvgIpc) is 2.84. The predicted octanol–water partition coefficient (Wildman–Crippen LogP) is 4.06. The largest absolute Gasteiger partial charge is 0.302 e. The van der Waals surface area contributed by atoms with Gasteiger partial charge in [0.1, 0.15) is 11.3 Å². The topological polar surface area (TPSA) is 42.0 Å². The zero-order valence-electron chi connectivity index (χ0n) is 11.7. The van der Waals surface area contributed by atoms with Crippen molar-refractivity contribution in [3.05, 3.63) is 59.2 Å². The number of thiazole rings is 1. The molecule has 1 aromatic heterocycles. The quantitative estimate of drug-likeness (QED) is 0.791. The Hall–Kier alpha value is -2.34. The number of nitrogens with zero attached hydrogens (tertiary/aromatic N) is 1. The van der Waals surface area contributed by atoms with Crippen LogP contribution in [0.4, 0.5) is 13.9 Å². The summed E-state index contributed by atoms with van der Waals surface area (Å²) in [5, 5.41) is 2.88. The highest BCUT2D eigenvalue weighted by molar-refractivity contribution is 7.22. The molecule has 0 aliphatic carbocycles. The van der Waals surface area contributed by atoms with Crippen molar-refractivity contribution in [1.82, 2.24) is 4.98 Å². The smallest absolute Gasteiger partial charge is 0.230 e. The summed E-state index contributed by atoms with van der Waals surface area (Å²) < 4.78 is 27.1. The first-order chi connectivity index (χ1) is 10.5. The predicted molar refractivity (Wildman–Crippen MR) is 83.0 cm³/mol. The fourth-order valence-electron chi connectivity index (χ4n) is 2.07. The lowest BCUT2D eigenvalue weighted by atomic mass is 10.1. The summed E-state index contributed by atoms with van der Waals surface area (Å²) in [4.78, 5) is 16.0. The maximum atomic E-state index is 13.6. The van der Waals surface area contributed by atoms with E-state index < -0.39 is 11.6 Å². The zero-order chi connectivity index (χ0) is 15.7. The number of nitrogens with one attached hydrogen (secondary N) is 1. The van der Waals surface area contributed by atoms with E-state index in [1.807, 2.05) is 31.2 Å². The molecule has 6 heteroatoms. The van der Waals surface area contributed by atoms with Crippen molar-refractivity contribution in [2.45, 2.75) is 13.3 Å². The summed E-state index contributed by atoms with van der Waals surface area (Å²) in [5.74, 6) is -1.64. The molecule has 0 saturated heterocycles. The number of carbonyl (C=O) groups is 1. The van der Waals surface area contributed by atoms with Crippen LogP contribution >= 0.6 is 11.3 Å². The van der Waals surface area contributed by atoms with Gasteiger partial charge in [0.15, 0.2) is 10.9 Å². The number of fused-ring (bicyclic) bond motifs is 1. The Bertz CT molecular complexity index is 843. The molecule has 0 bridgehead atoms.